The van der Waals surface area contributed by atoms with E-state index < -0.39 is 0 Å². The Balaban J connectivity index is 2.90. The van der Waals surface area contributed by atoms with Gasteiger partial charge in [-0.2, -0.15) is 0 Å². The number of nitrogens with zero attached hydrogens (tertiary/aromatic N) is 1. The molecule has 0 heterocycles. The molecule has 0 N–H and O–H groups in total. The van der Waals surface area contributed by atoms with Crippen molar-refractivity contribution in [2.24, 2.45) is 0 Å². The maximum Gasteiger partial charge on any atom is 0.257 e. The Kier molecular flexibility index (Phi) is 5.49. The van der Waals surface area contributed by atoms with Crippen molar-refractivity contribution >= 4 is 5.91 Å². The van der Waals surface area contributed by atoms with E-state index in [0.717, 1.165) is 19.4 Å². The minimum absolute atomic E-state index is 0.0250. The summed E-state index contributed by atoms with van der Waals surface area (Å²) in [7, 11) is 4.95. The second kappa shape index (κ2) is 6.89. The van der Waals surface area contributed by atoms with Crippen LogP contribution < -0.4 is 9.47 Å². The van der Waals surface area contributed by atoms with Gasteiger partial charge in [-0.25, -0.2) is 0 Å². The fraction of sp³-hybridized carbons (Fsp3) is 0.500. The largest absolute Gasteiger partial charge is 0.497 e. The van der Waals surface area contributed by atoms with Gasteiger partial charge in [0.25, 0.3) is 5.91 Å². The monoisotopic (exact) mass is 251 g/mol. The molecule has 0 radical (unpaired) electrons. The quantitative estimate of drug-likeness (QED) is 0.780. The average Bonchev–Trinajstić information content (AvgIpc) is 2.43. The van der Waals surface area contributed by atoms with Gasteiger partial charge < -0.3 is 14.4 Å². The van der Waals surface area contributed by atoms with E-state index in [-0.39, 0.29) is 5.91 Å². The SMILES string of the molecule is CCCCN(C)C(=O)c1ccc(OC)cc1OC. The van der Waals surface area contributed by atoms with Gasteiger partial charge in [-0.05, 0) is 18.6 Å². The minimum atomic E-state index is -0.0250. The number of carbonyl (C=O) groups excluding carboxylic acids is 1. The first kappa shape index (κ1) is 14.4. The van der Waals surface area contributed by atoms with Gasteiger partial charge >= 0.3 is 0 Å². The number of amides is 1. The molecule has 0 aliphatic rings. The highest BCUT2D eigenvalue weighted by atomic mass is 16.5. The molecule has 0 aliphatic carbocycles. The van der Waals surface area contributed by atoms with Crippen LogP contribution >= 0.6 is 0 Å². The Labute approximate surface area is 108 Å². The topological polar surface area (TPSA) is 38.8 Å². The van der Waals surface area contributed by atoms with E-state index in [2.05, 4.69) is 6.92 Å². The molecule has 0 spiro atoms. The lowest BCUT2D eigenvalue weighted by Gasteiger charge is -2.18. The van der Waals surface area contributed by atoms with Crippen LogP contribution in [0.5, 0.6) is 11.5 Å². The van der Waals surface area contributed by atoms with E-state index in [4.69, 9.17) is 9.47 Å². The van der Waals surface area contributed by atoms with Crippen molar-refractivity contribution in [3.05, 3.63) is 23.8 Å². The van der Waals surface area contributed by atoms with Gasteiger partial charge in [0.05, 0.1) is 19.8 Å². The molecule has 18 heavy (non-hydrogen) atoms. The van der Waals surface area contributed by atoms with Crippen LogP contribution in [0.2, 0.25) is 0 Å². The van der Waals surface area contributed by atoms with Gasteiger partial charge in [-0.15, -0.1) is 0 Å². The summed E-state index contributed by atoms with van der Waals surface area (Å²) >= 11 is 0. The maximum atomic E-state index is 12.2. The Morgan fingerprint density at radius 3 is 2.56 bits per heavy atom. The zero-order valence-electron chi connectivity index (χ0n) is 11.5. The molecule has 0 aliphatic heterocycles. The summed E-state index contributed by atoms with van der Waals surface area (Å²) < 4.78 is 10.3. The van der Waals surface area contributed by atoms with Crippen molar-refractivity contribution < 1.29 is 14.3 Å². The molecule has 0 saturated carbocycles. The standard InChI is InChI=1S/C14H21NO3/c1-5-6-9-15(2)14(16)12-8-7-11(17-3)10-13(12)18-4/h7-8,10H,5-6,9H2,1-4H3. The molecule has 100 valence electrons. The fourth-order valence-electron chi connectivity index (χ4n) is 1.68. The summed E-state index contributed by atoms with van der Waals surface area (Å²) in [5.74, 6) is 1.20. The molecule has 4 nitrogen and oxygen atoms in total. The summed E-state index contributed by atoms with van der Waals surface area (Å²) in [5.41, 5.74) is 0.567. The highest BCUT2D eigenvalue weighted by Crippen LogP contribution is 2.25. The van der Waals surface area contributed by atoms with Gasteiger partial charge in [-0.3, -0.25) is 4.79 Å². The number of methoxy groups -OCH3 is 2. The molecular formula is C14H21NO3. The maximum absolute atomic E-state index is 12.2. The second-order valence-corrected chi connectivity index (χ2v) is 4.15. The number of unbranched alkanes of at least 4 members (excludes halogenated alkanes) is 1. The van der Waals surface area contributed by atoms with Crippen molar-refractivity contribution in [3.8, 4) is 11.5 Å². The highest BCUT2D eigenvalue weighted by molar-refractivity contribution is 5.97. The van der Waals surface area contributed by atoms with Gasteiger partial charge in [0.1, 0.15) is 11.5 Å². The van der Waals surface area contributed by atoms with E-state index in [0.29, 0.717) is 17.1 Å². The average molecular weight is 251 g/mol. The first-order chi connectivity index (χ1) is 8.63. The van der Waals surface area contributed by atoms with Crippen LogP contribution in [0, 0.1) is 0 Å². The van der Waals surface area contributed by atoms with Crippen molar-refractivity contribution in [2.45, 2.75) is 19.8 Å². The number of hydrogen-bond donors (Lipinski definition) is 0. The van der Waals surface area contributed by atoms with Crippen molar-refractivity contribution in [3.63, 3.8) is 0 Å². The van der Waals surface area contributed by atoms with Crippen molar-refractivity contribution in [1.29, 1.82) is 0 Å². The summed E-state index contributed by atoms with van der Waals surface area (Å²) in [4.78, 5) is 14.0. The van der Waals surface area contributed by atoms with Gasteiger partial charge in [-0.1, -0.05) is 13.3 Å². The summed E-state index contributed by atoms with van der Waals surface area (Å²) in [5, 5.41) is 0. The van der Waals surface area contributed by atoms with Crippen LogP contribution in [0.25, 0.3) is 0 Å². The van der Waals surface area contributed by atoms with Gasteiger partial charge in [0.2, 0.25) is 0 Å². The molecule has 1 rings (SSSR count). The Hall–Kier alpha value is -1.71. The molecule has 0 saturated heterocycles. The molecule has 1 aromatic carbocycles. The van der Waals surface area contributed by atoms with Crippen LogP contribution in [-0.2, 0) is 0 Å². The van der Waals surface area contributed by atoms with Gasteiger partial charge in [0.15, 0.2) is 0 Å². The van der Waals surface area contributed by atoms with E-state index >= 15 is 0 Å². The summed E-state index contributed by atoms with van der Waals surface area (Å²) in [6, 6.07) is 5.23. The van der Waals surface area contributed by atoms with Crippen LogP contribution in [0.4, 0.5) is 0 Å². The van der Waals surface area contributed by atoms with Crippen LogP contribution in [0.15, 0.2) is 18.2 Å². The number of ether oxygens (including phenoxy) is 2. The van der Waals surface area contributed by atoms with Crippen LogP contribution in [0.1, 0.15) is 30.1 Å². The number of benzene rings is 1. The predicted octanol–water partition coefficient (Wildman–Crippen LogP) is 2.58. The molecule has 0 fully saturated rings. The van der Waals surface area contributed by atoms with E-state index in [1.54, 1.807) is 37.3 Å². The first-order valence-electron chi connectivity index (χ1n) is 6.11. The summed E-state index contributed by atoms with van der Waals surface area (Å²) in [6.45, 7) is 2.86. The van der Waals surface area contributed by atoms with E-state index in [9.17, 15) is 4.79 Å². The van der Waals surface area contributed by atoms with E-state index in [1.807, 2.05) is 7.05 Å². The molecule has 0 atom stereocenters. The van der Waals surface area contributed by atoms with Crippen molar-refractivity contribution in [1.82, 2.24) is 4.90 Å². The highest BCUT2D eigenvalue weighted by Gasteiger charge is 2.16. The van der Waals surface area contributed by atoms with E-state index in [1.165, 1.54) is 0 Å². The smallest absolute Gasteiger partial charge is 0.257 e. The van der Waals surface area contributed by atoms with Crippen molar-refractivity contribution in [2.75, 3.05) is 27.8 Å². The molecule has 0 aromatic heterocycles. The molecule has 1 amide bonds. The molecule has 0 bridgehead atoms. The molecule has 0 unspecified atom stereocenters. The van der Waals surface area contributed by atoms with Gasteiger partial charge in [0, 0.05) is 19.7 Å². The Morgan fingerprint density at radius 2 is 2.00 bits per heavy atom. The zero-order chi connectivity index (χ0) is 13.5. The number of carbonyl (C=O) groups is 1. The first-order valence-corrected chi connectivity index (χ1v) is 6.11. The zero-order valence-corrected chi connectivity index (χ0v) is 11.5. The lowest BCUT2D eigenvalue weighted by Crippen LogP contribution is -2.28. The Bertz CT molecular complexity index is 404. The van der Waals surface area contributed by atoms with Crippen LogP contribution in [0.3, 0.4) is 0 Å². The third kappa shape index (κ3) is 3.39. The predicted molar refractivity (Wildman–Crippen MR) is 71.4 cm³/mol. The van der Waals surface area contributed by atoms with Crippen LogP contribution in [-0.4, -0.2) is 38.6 Å². The molecular weight excluding hydrogens is 230 g/mol. The third-order valence-corrected chi connectivity index (χ3v) is 2.83. The second-order valence-electron chi connectivity index (χ2n) is 4.15. The third-order valence-electron chi connectivity index (χ3n) is 2.83. The number of hydrogen-bond acceptors (Lipinski definition) is 3. The fourth-order valence-corrected chi connectivity index (χ4v) is 1.68. The number of rotatable bonds is 6. The minimum Gasteiger partial charge on any atom is -0.497 e. The summed E-state index contributed by atoms with van der Waals surface area (Å²) in [6.07, 6.45) is 2.07. The normalized spacial score (nSPS) is 10.0. The molecule has 4 heteroatoms. The molecule has 1 aromatic rings. The lowest BCUT2D eigenvalue weighted by atomic mass is 10.1. The Morgan fingerprint density at radius 1 is 1.28 bits per heavy atom. The lowest BCUT2D eigenvalue weighted by molar-refractivity contribution is 0.0790.